The fourth-order valence-corrected chi connectivity index (χ4v) is 3.06. The van der Waals surface area contributed by atoms with E-state index in [0.717, 1.165) is 5.95 Å². The van der Waals surface area contributed by atoms with Crippen molar-refractivity contribution in [3.05, 3.63) is 6.33 Å². The number of ether oxygens (including phenoxy) is 2. The van der Waals surface area contributed by atoms with Gasteiger partial charge in [0.05, 0.1) is 13.2 Å². The molecule has 0 spiro atoms. The Kier molecular flexibility index (Phi) is 5.40. The van der Waals surface area contributed by atoms with Gasteiger partial charge < -0.3 is 24.4 Å². The molecule has 2 aromatic rings. The fraction of sp³-hybridized carbons (Fsp3) is 0.625. The number of hydrogen-bond acceptors (Lipinski definition) is 7. The van der Waals surface area contributed by atoms with E-state index in [2.05, 4.69) is 15.0 Å². The van der Waals surface area contributed by atoms with Crippen molar-refractivity contribution < 1.29 is 19.4 Å². The van der Waals surface area contributed by atoms with Gasteiger partial charge in [-0.2, -0.15) is 4.98 Å². The van der Waals surface area contributed by atoms with E-state index >= 15 is 0 Å². The zero-order chi connectivity index (χ0) is 18.7. The minimum atomic E-state index is -0.929. The third kappa shape index (κ3) is 3.50. The molecule has 26 heavy (non-hydrogen) atoms. The smallest absolute Gasteiger partial charge is 0.407 e. The number of rotatable bonds is 7. The van der Waals surface area contributed by atoms with E-state index in [9.17, 15) is 4.79 Å². The van der Waals surface area contributed by atoms with Gasteiger partial charge in [-0.05, 0) is 6.92 Å². The van der Waals surface area contributed by atoms with Crippen LogP contribution >= 0.6 is 0 Å². The summed E-state index contributed by atoms with van der Waals surface area (Å²) in [5.41, 5.74) is 1.28. The summed E-state index contributed by atoms with van der Waals surface area (Å²) < 4.78 is 13.1. The number of likely N-dealkylation sites (N-methyl/N-ethyl adjacent to an activating group) is 1. The van der Waals surface area contributed by atoms with Gasteiger partial charge in [0.25, 0.3) is 0 Å². The van der Waals surface area contributed by atoms with Crippen LogP contribution in [0.2, 0.25) is 0 Å². The van der Waals surface area contributed by atoms with Crippen LogP contribution in [0.4, 0.5) is 10.7 Å². The van der Waals surface area contributed by atoms with Crippen molar-refractivity contribution in [2.45, 2.75) is 26.0 Å². The molecule has 10 nitrogen and oxygen atoms in total. The van der Waals surface area contributed by atoms with Crippen molar-refractivity contribution in [2.24, 2.45) is 0 Å². The summed E-state index contributed by atoms with van der Waals surface area (Å²) in [6.45, 7) is 4.80. The molecule has 3 rings (SSSR count). The van der Waals surface area contributed by atoms with Gasteiger partial charge in [-0.15, -0.1) is 0 Å². The van der Waals surface area contributed by atoms with E-state index < -0.39 is 6.09 Å². The first kappa shape index (κ1) is 18.2. The molecule has 1 aliphatic rings. The van der Waals surface area contributed by atoms with Gasteiger partial charge in [-0.1, -0.05) is 0 Å². The zero-order valence-corrected chi connectivity index (χ0v) is 15.3. The summed E-state index contributed by atoms with van der Waals surface area (Å²) in [7, 11) is 3.61. The maximum Gasteiger partial charge on any atom is 0.407 e. The number of amides is 1. The maximum atomic E-state index is 11.1. The van der Waals surface area contributed by atoms with Gasteiger partial charge in [0.15, 0.2) is 11.2 Å². The molecule has 1 unspecified atom stereocenters. The highest BCUT2D eigenvalue weighted by molar-refractivity contribution is 5.79. The Bertz CT molecular complexity index is 779. The van der Waals surface area contributed by atoms with E-state index in [0.29, 0.717) is 56.3 Å². The Hall–Kier alpha value is -2.62. The highest BCUT2D eigenvalue weighted by Gasteiger charge is 2.29. The maximum absolute atomic E-state index is 11.1. The van der Waals surface area contributed by atoms with Crippen molar-refractivity contribution in [3.8, 4) is 5.88 Å². The molecule has 1 saturated heterocycles. The second-order valence-corrected chi connectivity index (χ2v) is 6.18. The molecule has 10 heteroatoms. The Balaban J connectivity index is 1.87. The first-order chi connectivity index (χ1) is 12.5. The summed E-state index contributed by atoms with van der Waals surface area (Å²) >= 11 is 0. The van der Waals surface area contributed by atoms with E-state index in [1.165, 1.54) is 11.2 Å². The lowest BCUT2D eigenvalue weighted by molar-refractivity contribution is 0.145. The average molecular weight is 364 g/mol. The molecule has 1 fully saturated rings. The highest BCUT2D eigenvalue weighted by atomic mass is 16.5. The molecule has 1 amide bonds. The molecule has 1 aliphatic heterocycles. The van der Waals surface area contributed by atoms with Crippen LogP contribution in [0.5, 0.6) is 5.88 Å². The Labute approximate surface area is 151 Å². The number of aryl methyl sites for hydroxylation is 1. The molecule has 0 aliphatic carbocycles. The lowest BCUT2D eigenvalue weighted by Gasteiger charge is -2.18. The van der Waals surface area contributed by atoms with Gasteiger partial charge in [0.1, 0.15) is 12.4 Å². The number of methoxy groups -OCH3 is 1. The summed E-state index contributed by atoms with van der Waals surface area (Å²) in [6, 6.07) is 0. The van der Waals surface area contributed by atoms with Crippen molar-refractivity contribution in [2.75, 3.05) is 45.3 Å². The zero-order valence-electron chi connectivity index (χ0n) is 15.3. The number of likely N-dealkylation sites (tertiary alicyclic amines) is 1. The molecule has 0 aromatic carbocycles. The van der Waals surface area contributed by atoms with Crippen molar-refractivity contribution in [1.29, 1.82) is 0 Å². The first-order valence-corrected chi connectivity index (χ1v) is 8.61. The van der Waals surface area contributed by atoms with Crippen LogP contribution < -0.4 is 9.64 Å². The third-order valence-electron chi connectivity index (χ3n) is 4.46. The monoisotopic (exact) mass is 364 g/mol. The van der Waals surface area contributed by atoms with E-state index in [1.54, 1.807) is 7.11 Å². The fourth-order valence-electron chi connectivity index (χ4n) is 3.06. The van der Waals surface area contributed by atoms with E-state index in [4.69, 9.17) is 14.6 Å². The molecule has 0 saturated carbocycles. The van der Waals surface area contributed by atoms with Crippen molar-refractivity contribution >= 4 is 23.2 Å². The van der Waals surface area contributed by atoms with Gasteiger partial charge in [0.2, 0.25) is 11.8 Å². The number of aromatic nitrogens is 4. The first-order valence-electron chi connectivity index (χ1n) is 8.61. The largest absolute Gasteiger partial charge is 0.471 e. The lowest BCUT2D eigenvalue weighted by atomic mass is 10.3. The molecule has 1 N–H and O–H groups in total. The van der Waals surface area contributed by atoms with E-state index in [-0.39, 0.29) is 6.10 Å². The number of imidazole rings is 1. The van der Waals surface area contributed by atoms with Crippen LogP contribution in [0.3, 0.4) is 0 Å². The van der Waals surface area contributed by atoms with Crippen LogP contribution in [-0.2, 0) is 11.3 Å². The number of fused-ring (bicyclic) bond motifs is 1. The third-order valence-corrected chi connectivity index (χ3v) is 4.46. The molecular weight excluding hydrogens is 340 g/mol. The predicted octanol–water partition coefficient (Wildman–Crippen LogP) is 1.06. The van der Waals surface area contributed by atoms with Gasteiger partial charge in [-0.3, -0.25) is 4.57 Å². The number of nitrogens with zero attached hydrogens (tertiary/aromatic N) is 6. The van der Waals surface area contributed by atoms with Crippen LogP contribution in [0, 0.1) is 0 Å². The number of carbonyl (C=O) groups is 1. The molecule has 0 bridgehead atoms. The summed E-state index contributed by atoms with van der Waals surface area (Å²) in [6.07, 6.45) is 0.924. The Morgan fingerprint density at radius 3 is 2.92 bits per heavy atom. The summed E-state index contributed by atoms with van der Waals surface area (Å²) in [5, 5.41) is 9.09. The predicted molar refractivity (Wildman–Crippen MR) is 94.8 cm³/mol. The quantitative estimate of drug-likeness (QED) is 0.777. The van der Waals surface area contributed by atoms with Gasteiger partial charge in [-0.25, -0.2) is 14.8 Å². The molecule has 3 heterocycles. The normalized spacial score (nSPS) is 17.0. The van der Waals surface area contributed by atoms with Crippen LogP contribution in [-0.4, -0.2) is 82.1 Å². The van der Waals surface area contributed by atoms with Crippen LogP contribution in [0.15, 0.2) is 6.33 Å². The Morgan fingerprint density at radius 2 is 2.27 bits per heavy atom. The lowest BCUT2D eigenvalue weighted by Crippen LogP contribution is -2.29. The topological polar surface area (TPSA) is 106 Å². The average Bonchev–Trinajstić information content (AvgIpc) is 3.24. The minimum Gasteiger partial charge on any atom is -0.471 e. The Morgan fingerprint density at radius 1 is 1.46 bits per heavy atom. The molecule has 142 valence electrons. The van der Waals surface area contributed by atoms with E-state index in [1.807, 2.05) is 23.4 Å². The standard InChI is InChI=1S/C16H24N6O4/c1-4-22-13-12(19-15(22)20(2)7-8-25-3)14(18-10-17-13)26-11-5-6-21(9-11)16(23)24/h10-11H,4-9H2,1-3H3,(H,23,24). The number of hydrogen-bond donors (Lipinski definition) is 1. The molecule has 0 radical (unpaired) electrons. The van der Waals surface area contributed by atoms with Crippen LogP contribution in [0.25, 0.3) is 11.2 Å². The van der Waals surface area contributed by atoms with Crippen LogP contribution in [0.1, 0.15) is 13.3 Å². The number of anilines is 1. The molecule has 2 aromatic heterocycles. The highest BCUT2D eigenvalue weighted by Crippen LogP contribution is 2.27. The van der Waals surface area contributed by atoms with Crippen molar-refractivity contribution in [1.82, 2.24) is 24.4 Å². The second-order valence-electron chi connectivity index (χ2n) is 6.18. The summed E-state index contributed by atoms with van der Waals surface area (Å²) in [4.78, 5) is 27.7. The summed E-state index contributed by atoms with van der Waals surface area (Å²) in [5.74, 6) is 1.16. The number of carboxylic acid groups (broad SMARTS) is 1. The SMILES string of the molecule is CCn1c(N(C)CCOC)nc2c(OC3CCN(C(=O)O)C3)ncnc21. The van der Waals surface area contributed by atoms with Gasteiger partial charge >= 0.3 is 6.09 Å². The molecular formula is C16H24N6O4. The van der Waals surface area contributed by atoms with Gasteiger partial charge in [0, 0.05) is 40.2 Å². The second kappa shape index (κ2) is 7.73. The molecule has 1 atom stereocenters. The van der Waals surface area contributed by atoms with Crippen molar-refractivity contribution in [3.63, 3.8) is 0 Å². The minimum absolute atomic E-state index is 0.231.